The summed E-state index contributed by atoms with van der Waals surface area (Å²) in [4.78, 5) is 31.1. The van der Waals surface area contributed by atoms with Crippen LogP contribution in [0.1, 0.15) is 11.1 Å². The van der Waals surface area contributed by atoms with Crippen LogP contribution in [0.3, 0.4) is 0 Å². The molecule has 3 aromatic rings. The molecule has 0 bridgehead atoms. The largest absolute Gasteiger partial charge is 0.484 e. The van der Waals surface area contributed by atoms with Gasteiger partial charge in [-0.3, -0.25) is 14.5 Å². The molecule has 1 saturated heterocycles. The number of hydrogen-bond donors (Lipinski definition) is 1. The Hall–Kier alpha value is -3.39. The zero-order valence-electron chi connectivity index (χ0n) is 21.4. The van der Waals surface area contributed by atoms with Crippen LogP contribution in [0.2, 0.25) is 5.02 Å². The maximum atomic E-state index is 13.6. The molecule has 0 saturated carbocycles. The Labute approximate surface area is 229 Å². The molecule has 1 unspecified atom stereocenters. The number of nitrogens with one attached hydrogen (secondary N) is 1. The van der Waals surface area contributed by atoms with Gasteiger partial charge in [0.2, 0.25) is 5.91 Å². The third-order valence-corrected chi connectivity index (χ3v) is 6.73. The Kier molecular flexibility index (Phi) is 10.6. The van der Waals surface area contributed by atoms with Gasteiger partial charge in [0.15, 0.2) is 6.61 Å². The summed E-state index contributed by atoms with van der Waals surface area (Å²) in [5.74, 6) is 0.138. The lowest BCUT2D eigenvalue weighted by Crippen LogP contribution is -2.52. The monoisotopic (exact) mass is 535 g/mol. The van der Waals surface area contributed by atoms with Crippen molar-refractivity contribution in [3.05, 3.63) is 101 Å². The van der Waals surface area contributed by atoms with E-state index >= 15 is 0 Å². The van der Waals surface area contributed by atoms with Crippen molar-refractivity contribution < 1.29 is 19.1 Å². The smallest absolute Gasteiger partial charge is 0.261 e. The average molecular weight is 536 g/mol. The van der Waals surface area contributed by atoms with Crippen LogP contribution in [0.25, 0.3) is 0 Å². The first kappa shape index (κ1) is 27.6. The molecule has 3 aromatic carbocycles. The number of carbonyl (C=O) groups excluding carboxylic acids is 2. The van der Waals surface area contributed by atoms with E-state index in [-0.39, 0.29) is 25.0 Å². The number of halogens is 1. The second-order valence-corrected chi connectivity index (χ2v) is 9.64. The Bertz CT molecular complexity index is 1140. The third-order valence-electron chi connectivity index (χ3n) is 6.47. The topological polar surface area (TPSA) is 71.1 Å². The fraction of sp³-hybridized carbons (Fsp3) is 0.333. The van der Waals surface area contributed by atoms with Crippen LogP contribution in [0.15, 0.2) is 84.9 Å². The second kappa shape index (κ2) is 14.5. The molecule has 0 spiro atoms. The number of ether oxygens (including phenoxy) is 2. The van der Waals surface area contributed by atoms with Crippen LogP contribution in [0.5, 0.6) is 5.75 Å². The summed E-state index contributed by atoms with van der Waals surface area (Å²) in [6.45, 7) is 4.41. The molecule has 1 aliphatic rings. The highest BCUT2D eigenvalue weighted by atomic mass is 35.5. The van der Waals surface area contributed by atoms with Gasteiger partial charge in [0.1, 0.15) is 11.8 Å². The molecule has 1 aliphatic heterocycles. The zero-order chi connectivity index (χ0) is 26.6. The summed E-state index contributed by atoms with van der Waals surface area (Å²) in [6, 6.07) is 25.5. The van der Waals surface area contributed by atoms with Gasteiger partial charge in [-0.25, -0.2) is 0 Å². The van der Waals surface area contributed by atoms with Crippen molar-refractivity contribution in [1.29, 1.82) is 0 Å². The second-order valence-electron chi connectivity index (χ2n) is 9.20. The van der Waals surface area contributed by atoms with Crippen molar-refractivity contribution in [1.82, 2.24) is 15.1 Å². The van der Waals surface area contributed by atoms with Gasteiger partial charge < -0.3 is 19.7 Å². The van der Waals surface area contributed by atoms with Gasteiger partial charge in [-0.2, -0.15) is 0 Å². The summed E-state index contributed by atoms with van der Waals surface area (Å²) in [5, 5.41) is 3.69. The van der Waals surface area contributed by atoms with E-state index in [1.165, 1.54) is 0 Å². The number of nitrogens with zero attached hydrogens (tertiary/aromatic N) is 2. The summed E-state index contributed by atoms with van der Waals surface area (Å²) in [6.07, 6.45) is 0.384. The van der Waals surface area contributed by atoms with Crippen molar-refractivity contribution in [2.24, 2.45) is 0 Å². The molecule has 2 amide bonds. The number of benzene rings is 3. The van der Waals surface area contributed by atoms with Gasteiger partial charge in [-0.05, 0) is 35.4 Å². The minimum atomic E-state index is -0.718. The van der Waals surface area contributed by atoms with Crippen LogP contribution in [0, 0.1) is 0 Å². The summed E-state index contributed by atoms with van der Waals surface area (Å²) in [7, 11) is 0. The summed E-state index contributed by atoms with van der Waals surface area (Å²) < 4.78 is 11.2. The van der Waals surface area contributed by atoms with E-state index in [1.54, 1.807) is 29.2 Å². The highest BCUT2D eigenvalue weighted by Gasteiger charge is 2.30. The molecule has 1 N–H and O–H groups in total. The Morgan fingerprint density at radius 1 is 0.921 bits per heavy atom. The lowest BCUT2D eigenvalue weighted by molar-refractivity contribution is -0.142. The van der Waals surface area contributed by atoms with E-state index in [9.17, 15) is 9.59 Å². The number of hydrogen-bond acceptors (Lipinski definition) is 5. The summed E-state index contributed by atoms with van der Waals surface area (Å²) >= 11 is 6.09. The van der Waals surface area contributed by atoms with Crippen molar-refractivity contribution in [3.8, 4) is 5.75 Å². The van der Waals surface area contributed by atoms with Gasteiger partial charge in [0.05, 0.1) is 13.2 Å². The molecule has 38 heavy (non-hydrogen) atoms. The van der Waals surface area contributed by atoms with E-state index in [0.717, 1.165) is 30.8 Å². The molecule has 8 heteroatoms. The lowest BCUT2D eigenvalue weighted by Gasteiger charge is -2.32. The number of carbonyl (C=O) groups is 2. The predicted molar refractivity (Wildman–Crippen MR) is 148 cm³/mol. The van der Waals surface area contributed by atoms with Crippen molar-refractivity contribution in [2.75, 3.05) is 46.0 Å². The number of amides is 2. The normalized spacial score (nSPS) is 14.4. The number of morpholine rings is 1. The van der Waals surface area contributed by atoms with Gasteiger partial charge >= 0.3 is 0 Å². The van der Waals surface area contributed by atoms with Crippen LogP contribution >= 0.6 is 11.6 Å². The first-order chi connectivity index (χ1) is 18.6. The molecule has 7 nitrogen and oxygen atoms in total. The Morgan fingerprint density at radius 2 is 1.58 bits per heavy atom. The maximum absolute atomic E-state index is 13.6. The molecule has 0 aromatic heterocycles. The highest BCUT2D eigenvalue weighted by molar-refractivity contribution is 6.30. The van der Waals surface area contributed by atoms with E-state index in [4.69, 9.17) is 21.1 Å². The van der Waals surface area contributed by atoms with Crippen LogP contribution in [-0.2, 0) is 27.3 Å². The van der Waals surface area contributed by atoms with Crippen molar-refractivity contribution >= 4 is 23.4 Å². The lowest BCUT2D eigenvalue weighted by atomic mass is 10.0. The SMILES string of the molecule is O=C(NCCN1CCOCC1)C(Cc1ccccc1)N(Cc1ccc(Cl)cc1)C(=O)COc1ccccc1. The molecule has 1 heterocycles. The van der Waals surface area contributed by atoms with Gasteiger partial charge in [0, 0.05) is 44.2 Å². The minimum absolute atomic E-state index is 0.177. The van der Waals surface area contributed by atoms with Crippen molar-refractivity contribution in [2.45, 2.75) is 19.0 Å². The molecule has 4 rings (SSSR count). The van der Waals surface area contributed by atoms with E-state index in [0.29, 0.717) is 37.0 Å². The number of rotatable bonds is 12. The number of para-hydroxylation sites is 1. The molecule has 1 atom stereocenters. The molecular weight excluding hydrogens is 502 g/mol. The minimum Gasteiger partial charge on any atom is -0.484 e. The molecule has 0 radical (unpaired) electrons. The third kappa shape index (κ3) is 8.58. The van der Waals surface area contributed by atoms with Crippen LogP contribution < -0.4 is 10.1 Å². The van der Waals surface area contributed by atoms with Crippen molar-refractivity contribution in [3.63, 3.8) is 0 Å². The first-order valence-corrected chi connectivity index (χ1v) is 13.3. The fourth-order valence-electron chi connectivity index (χ4n) is 4.36. The standard InChI is InChI=1S/C30H34ClN3O4/c31-26-13-11-25(12-14-26)22-34(29(35)23-38-27-9-5-2-6-10-27)28(21-24-7-3-1-4-8-24)30(36)32-15-16-33-17-19-37-20-18-33/h1-14,28H,15-23H2,(H,32,36). The highest BCUT2D eigenvalue weighted by Crippen LogP contribution is 2.18. The molecule has 200 valence electrons. The van der Waals surface area contributed by atoms with Gasteiger partial charge in [-0.1, -0.05) is 72.3 Å². The molecule has 0 aliphatic carbocycles. The zero-order valence-corrected chi connectivity index (χ0v) is 22.2. The van der Waals surface area contributed by atoms with E-state index < -0.39 is 6.04 Å². The molecule has 1 fully saturated rings. The van der Waals surface area contributed by atoms with E-state index in [2.05, 4.69) is 10.2 Å². The van der Waals surface area contributed by atoms with E-state index in [1.807, 2.05) is 60.7 Å². The van der Waals surface area contributed by atoms with Crippen LogP contribution in [-0.4, -0.2) is 73.7 Å². The first-order valence-electron chi connectivity index (χ1n) is 12.9. The average Bonchev–Trinajstić information content (AvgIpc) is 2.96. The quantitative estimate of drug-likeness (QED) is 0.382. The fourth-order valence-corrected chi connectivity index (χ4v) is 4.49. The van der Waals surface area contributed by atoms with Crippen LogP contribution in [0.4, 0.5) is 0 Å². The Balaban J connectivity index is 1.53. The molecular formula is C30H34ClN3O4. The Morgan fingerprint density at radius 3 is 2.26 bits per heavy atom. The van der Waals surface area contributed by atoms with Gasteiger partial charge in [-0.15, -0.1) is 0 Å². The van der Waals surface area contributed by atoms with Gasteiger partial charge in [0.25, 0.3) is 5.91 Å². The maximum Gasteiger partial charge on any atom is 0.261 e. The predicted octanol–water partition coefficient (Wildman–Crippen LogP) is 3.81. The summed E-state index contributed by atoms with van der Waals surface area (Å²) in [5.41, 5.74) is 1.85.